The number of amides is 1. The SMILES string of the molecule is CCCc1cc2oc(-c3ccc(F)cc3)c(C(=O)NC)c2cc1-c1ccc(F)c(C)c1. The summed E-state index contributed by atoms with van der Waals surface area (Å²) >= 11 is 0. The van der Waals surface area contributed by atoms with E-state index in [9.17, 15) is 13.6 Å². The van der Waals surface area contributed by atoms with Gasteiger partial charge in [-0.3, -0.25) is 4.79 Å². The first-order valence-corrected chi connectivity index (χ1v) is 10.3. The van der Waals surface area contributed by atoms with Gasteiger partial charge in [-0.2, -0.15) is 0 Å². The normalized spacial score (nSPS) is 11.1. The predicted molar refractivity (Wildman–Crippen MR) is 119 cm³/mol. The molecule has 0 saturated carbocycles. The van der Waals surface area contributed by atoms with Crippen molar-refractivity contribution >= 4 is 16.9 Å². The van der Waals surface area contributed by atoms with E-state index in [0.29, 0.717) is 33.4 Å². The minimum Gasteiger partial charge on any atom is -0.455 e. The van der Waals surface area contributed by atoms with Crippen molar-refractivity contribution in [3.05, 3.63) is 82.9 Å². The van der Waals surface area contributed by atoms with Gasteiger partial charge < -0.3 is 9.73 Å². The van der Waals surface area contributed by atoms with Gasteiger partial charge in [0.15, 0.2) is 0 Å². The van der Waals surface area contributed by atoms with Crippen LogP contribution in [-0.4, -0.2) is 13.0 Å². The van der Waals surface area contributed by atoms with Crippen LogP contribution in [0, 0.1) is 18.6 Å². The number of halogens is 2. The summed E-state index contributed by atoms with van der Waals surface area (Å²) in [7, 11) is 1.56. The summed E-state index contributed by atoms with van der Waals surface area (Å²) in [5.74, 6) is -0.512. The van der Waals surface area contributed by atoms with E-state index in [1.807, 2.05) is 18.2 Å². The topological polar surface area (TPSA) is 42.2 Å². The predicted octanol–water partition coefficient (Wildman–Crippen LogP) is 6.67. The highest BCUT2D eigenvalue weighted by atomic mass is 19.1. The molecule has 0 aliphatic carbocycles. The molecule has 0 unspecified atom stereocenters. The minimum atomic E-state index is -0.361. The molecule has 1 amide bonds. The van der Waals surface area contributed by atoms with Gasteiger partial charge in [0.25, 0.3) is 5.91 Å². The molecule has 1 heterocycles. The molecule has 4 rings (SSSR count). The molecule has 1 N–H and O–H groups in total. The van der Waals surface area contributed by atoms with Crippen molar-refractivity contribution < 1.29 is 18.0 Å². The Morgan fingerprint density at radius 2 is 1.71 bits per heavy atom. The lowest BCUT2D eigenvalue weighted by Crippen LogP contribution is -2.18. The number of carbonyl (C=O) groups excluding carboxylic acids is 1. The zero-order chi connectivity index (χ0) is 22.1. The van der Waals surface area contributed by atoms with Gasteiger partial charge in [0, 0.05) is 18.0 Å². The summed E-state index contributed by atoms with van der Waals surface area (Å²) in [6.07, 6.45) is 1.73. The average molecular weight is 419 g/mol. The Kier molecular flexibility index (Phi) is 5.59. The lowest BCUT2D eigenvalue weighted by atomic mass is 9.93. The lowest BCUT2D eigenvalue weighted by molar-refractivity contribution is 0.0964. The maximum atomic E-state index is 13.9. The molecule has 1 aromatic heterocycles. The van der Waals surface area contributed by atoms with Crippen LogP contribution < -0.4 is 5.32 Å². The van der Waals surface area contributed by atoms with Gasteiger partial charge in [-0.05, 0) is 84.1 Å². The highest BCUT2D eigenvalue weighted by molar-refractivity contribution is 6.12. The number of furan rings is 1. The van der Waals surface area contributed by atoms with Crippen molar-refractivity contribution in [2.75, 3.05) is 7.05 Å². The second-order valence-electron chi connectivity index (χ2n) is 7.61. The van der Waals surface area contributed by atoms with Gasteiger partial charge in [0.1, 0.15) is 23.0 Å². The summed E-state index contributed by atoms with van der Waals surface area (Å²) in [5.41, 5.74) is 5.05. The molecule has 0 spiro atoms. The highest BCUT2D eigenvalue weighted by Gasteiger charge is 2.23. The Labute approximate surface area is 179 Å². The average Bonchev–Trinajstić information content (AvgIpc) is 3.13. The number of fused-ring (bicyclic) bond motifs is 1. The molecule has 4 aromatic rings. The Balaban J connectivity index is 2.01. The molecular weight excluding hydrogens is 396 g/mol. The van der Waals surface area contributed by atoms with E-state index >= 15 is 0 Å². The molecule has 158 valence electrons. The van der Waals surface area contributed by atoms with E-state index in [0.717, 1.165) is 29.5 Å². The lowest BCUT2D eigenvalue weighted by Gasteiger charge is -2.11. The van der Waals surface area contributed by atoms with E-state index < -0.39 is 0 Å². The molecule has 0 aliphatic heterocycles. The maximum Gasteiger partial charge on any atom is 0.255 e. The minimum absolute atomic E-state index is 0.255. The molecule has 0 aliphatic rings. The van der Waals surface area contributed by atoms with Gasteiger partial charge in [-0.25, -0.2) is 8.78 Å². The van der Waals surface area contributed by atoms with Crippen LogP contribution in [0.5, 0.6) is 0 Å². The summed E-state index contributed by atoms with van der Waals surface area (Å²) in [5, 5.41) is 3.34. The van der Waals surface area contributed by atoms with Crippen molar-refractivity contribution in [3.8, 4) is 22.5 Å². The number of benzene rings is 3. The fourth-order valence-corrected chi connectivity index (χ4v) is 3.90. The van der Waals surface area contributed by atoms with Gasteiger partial charge in [0.2, 0.25) is 0 Å². The van der Waals surface area contributed by atoms with E-state index in [2.05, 4.69) is 12.2 Å². The smallest absolute Gasteiger partial charge is 0.255 e. The van der Waals surface area contributed by atoms with Crippen LogP contribution in [0.2, 0.25) is 0 Å². The van der Waals surface area contributed by atoms with Crippen molar-refractivity contribution in [1.29, 1.82) is 0 Å². The summed E-state index contributed by atoms with van der Waals surface area (Å²) in [6, 6.07) is 14.8. The van der Waals surface area contributed by atoms with Gasteiger partial charge in [0.05, 0.1) is 5.56 Å². The third-order valence-corrected chi connectivity index (χ3v) is 5.46. The number of rotatable bonds is 5. The van der Waals surface area contributed by atoms with Crippen molar-refractivity contribution in [2.45, 2.75) is 26.7 Å². The number of carbonyl (C=O) groups is 1. The molecular formula is C26H23F2NO2. The van der Waals surface area contributed by atoms with Crippen LogP contribution in [0.1, 0.15) is 34.8 Å². The van der Waals surface area contributed by atoms with Crippen LogP contribution in [0.25, 0.3) is 33.4 Å². The number of nitrogens with one attached hydrogen (secondary N) is 1. The van der Waals surface area contributed by atoms with Crippen LogP contribution >= 0.6 is 0 Å². The molecule has 0 saturated heterocycles. The van der Waals surface area contributed by atoms with Crippen molar-refractivity contribution in [2.24, 2.45) is 0 Å². The van der Waals surface area contributed by atoms with E-state index in [-0.39, 0.29) is 17.5 Å². The van der Waals surface area contributed by atoms with Crippen LogP contribution in [0.15, 0.2) is 59.0 Å². The van der Waals surface area contributed by atoms with Crippen molar-refractivity contribution in [1.82, 2.24) is 5.32 Å². The standard InChI is InChI=1S/C26H23F2NO2/c1-4-5-17-13-23-21(14-20(17)18-8-11-22(28)15(2)12-18)24(26(30)29-3)25(31-23)16-6-9-19(27)10-7-16/h6-14H,4-5H2,1-3H3,(H,29,30). The Morgan fingerprint density at radius 1 is 1.00 bits per heavy atom. The van der Waals surface area contributed by atoms with Crippen LogP contribution in [0.3, 0.4) is 0 Å². The number of hydrogen-bond acceptors (Lipinski definition) is 2. The zero-order valence-electron chi connectivity index (χ0n) is 17.7. The maximum absolute atomic E-state index is 13.9. The summed E-state index contributed by atoms with van der Waals surface area (Å²) in [6.45, 7) is 3.82. The second kappa shape index (κ2) is 8.34. The molecule has 0 atom stereocenters. The molecule has 5 heteroatoms. The molecule has 0 bridgehead atoms. The molecule has 0 radical (unpaired) electrons. The van der Waals surface area contributed by atoms with Crippen LogP contribution in [-0.2, 0) is 6.42 Å². The summed E-state index contributed by atoms with van der Waals surface area (Å²) < 4.78 is 33.4. The first kappa shape index (κ1) is 20.8. The third-order valence-electron chi connectivity index (χ3n) is 5.46. The van der Waals surface area contributed by atoms with Gasteiger partial charge >= 0.3 is 0 Å². The van der Waals surface area contributed by atoms with E-state index in [4.69, 9.17) is 4.42 Å². The largest absolute Gasteiger partial charge is 0.455 e. The van der Waals surface area contributed by atoms with Crippen molar-refractivity contribution in [3.63, 3.8) is 0 Å². The Morgan fingerprint density at radius 3 is 2.35 bits per heavy atom. The van der Waals surface area contributed by atoms with E-state index in [1.54, 1.807) is 32.2 Å². The van der Waals surface area contributed by atoms with Gasteiger partial charge in [-0.15, -0.1) is 0 Å². The zero-order valence-corrected chi connectivity index (χ0v) is 17.7. The second-order valence-corrected chi connectivity index (χ2v) is 7.61. The molecule has 0 fully saturated rings. The number of hydrogen-bond donors (Lipinski definition) is 1. The first-order chi connectivity index (χ1) is 14.9. The number of aryl methyl sites for hydroxylation is 2. The quantitative estimate of drug-likeness (QED) is 0.393. The van der Waals surface area contributed by atoms with E-state index in [1.165, 1.54) is 18.2 Å². The fraction of sp³-hybridized carbons (Fsp3) is 0.192. The van der Waals surface area contributed by atoms with Gasteiger partial charge in [-0.1, -0.05) is 19.4 Å². The molecule has 31 heavy (non-hydrogen) atoms. The first-order valence-electron chi connectivity index (χ1n) is 10.3. The monoisotopic (exact) mass is 419 g/mol. The Bertz CT molecular complexity index is 1270. The molecule has 3 aromatic carbocycles. The Hall–Kier alpha value is -3.47. The summed E-state index contributed by atoms with van der Waals surface area (Å²) in [4.78, 5) is 12.8. The van der Waals surface area contributed by atoms with Crippen LogP contribution in [0.4, 0.5) is 8.78 Å². The third kappa shape index (κ3) is 3.83. The fourth-order valence-electron chi connectivity index (χ4n) is 3.90. The molecule has 3 nitrogen and oxygen atoms in total. The highest BCUT2D eigenvalue weighted by Crippen LogP contribution is 2.38.